The summed E-state index contributed by atoms with van der Waals surface area (Å²) in [5.41, 5.74) is 1.00. The van der Waals surface area contributed by atoms with Crippen LogP contribution in [0.25, 0.3) is 0 Å². The molecule has 4 nitrogen and oxygen atoms in total. The first-order valence-corrected chi connectivity index (χ1v) is 7.36. The maximum absolute atomic E-state index is 12.1. The molecule has 1 aromatic rings. The van der Waals surface area contributed by atoms with E-state index in [-0.39, 0.29) is 12.1 Å². The molecule has 0 saturated carbocycles. The molecule has 0 radical (unpaired) electrons. The molecule has 0 spiro atoms. The molecule has 1 saturated heterocycles. The van der Waals surface area contributed by atoms with E-state index < -0.39 is 0 Å². The number of rotatable bonds is 3. The van der Waals surface area contributed by atoms with Gasteiger partial charge in [0.25, 0.3) is 0 Å². The summed E-state index contributed by atoms with van der Waals surface area (Å²) in [6.45, 7) is 5.45. The number of ether oxygens (including phenoxy) is 1. The summed E-state index contributed by atoms with van der Waals surface area (Å²) in [7, 11) is 0. The van der Waals surface area contributed by atoms with Crippen LogP contribution in [0.3, 0.4) is 0 Å². The van der Waals surface area contributed by atoms with E-state index in [1.807, 2.05) is 37.3 Å². The van der Waals surface area contributed by atoms with Crippen LogP contribution in [0.15, 0.2) is 30.3 Å². The van der Waals surface area contributed by atoms with Gasteiger partial charge in [-0.2, -0.15) is 0 Å². The van der Waals surface area contributed by atoms with Crippen molar-refractivity contribution in [3.05, 3.63) is 35.9 Å². The standard InChI is InChI=1S/C17H22N2O2/c1-3-15(2)18-10-7-11-19(13-12-18)17(20)21-14-16-8-5-4-6-9-16/h1,4-6,8-9,15H,7,10-14H2,2H3. The number of nitrogens with zero attached hydrogens (tertiary/aromatic N) is 2. The first-order valence-electron chi connectivity index (χ1n) is 7.36. The topological polar surface area (TPSA) is 32.8 Å². The first-order chi connectivity index (χ1) is 10.2. The van der Waals surface area contributed by atoms with E-state index in [1.54, 1.807) is 4.90 Å². The highest BCUT2D eigenvalue weighted by Crippen LogP contribution is 2.09. The summed E-state index contributed by atoms with van der Waals surface area (Å²) in [5, 5.41) is 0. The Morgan fingerprint density at radius 1 is 1.29 bits per heavy atom. The van der Waals surface area contributed by atoms with Crippen molar-refractivity contribution in [1.29, 1.82) is 0 Å². The van der Waals surface area contributed by atoms with Crippen molar-refractivity contribution in [1.82, 2.24) is 9.80 Å². The maximum atomic E-state index is 12.1. The molecule has 0 N–H and O–H groups in total. The number of benzene rings is 1. The zero-order valence-electron chi connectivity index (χ0n) is 12.5. The van der Waals surface area contributed by atoms with Crippen molar-refractivity contribution in [2.75, 3.05) is 26.2 Å². The summed E-state index contributed by atoms with van der Waals surface area (Å²) in [6.07, 6.45) is 6.15. The highest BCUT2D eigenvalue weighted by Gasteiger charge is 2.21. The van der Waals surface area contributed by atoms with E-state index in [2.05, 4.69) is 10.8 Å². The lowest BCUT2D eigenvalue weighted by molar-refractivity contribution is 0.0970. The summed E-state index contributed by atoms with van der Waals surface area (Å²) in [4.78, 5) is 16.1. The Morgan fingerprint density at radius 3 is 2.76 bits per heavy atom. The molecule has 1 fully saturated rings. The first kappa shape index (κ1) is 15.4. The van der Waals surface area contributed by atoms with Crippen LogP contribution >= 0.6 is 0 Å². The molecule has 1 aliphatic rings. The number of terminal acetylenes is 1. The number of hydrogen-bond acceptors (Lipinski definition) is 3. The van der Waals surface area contributed by atoms with Gasteiger partial charge in [0.2, 0.25) is 0 Å². The van der Waals surface area contributed by atoms with Crippen LogP contribution in [-0.2, 0) is 11.3 Å². The van der Waals surface area contributed by atoms with Gasteiger partial charge in [0, 0.05) is 26.2 Å². The predicted octanol–water partition coefficient (Wildman–Crippen LogP) is 2.35. The minimum atomic E-state index is -0.242. The Balaban J connectivity index is 1.82. The Labute approximate surface area is 126 Å². The summed E-state index contributed by atoms with van der Waals surface area (Å²) >= 11 is 0. The SMILES string of the molecule is C#CC(C)N1CCCN(C(=O)OCc2ccccc2)CC1. The normalized spacial score (nSPS) is 17.6. The number of amides is 1. The quantitative estimate of drug-likeness (QED) is 0.800. The van der Waals surface area contributed by atoms with Gasteiger partial charge in [0.05, 0.1) is 6.04 Å². The molecule has 0 aromatic heterocycles. The molecule has 21 heavy (non-hydrogen) atoms. The Hall–Kier alpha value is -1.99. The highest BCUT2D eigenvalue weighted by atomic mass is 16.6. The molecule has 0 bridgehead atoms. The molecule has 1 amide bonds. The summed E-state index contributed by atoms with van der Waals surface area (Å²) < 4.78 is 5.37. The third-order valence-electron chi connectivity index (χ3n) is 3.78. The van der Waals surface area contributed by atoms with E-state index in [0.29, 0.717) is 13.2 Å². The highest BCUT2D eigenvalue weighted by molar-refractivity contribution is 5.67. The van der Waals surface area contributed by atoms with Crippen LogP contribution in [0, 0.1) is 12.3 Å². The van der Waals surface area contributed by atoms with Gasteiger partial charge in [-0.3, -0.25) is 4.90 Å². The molecule has 2 rings (SSSR count). The molecule has 1 unspecified atom stereocenters. The zero-order chi connectivity index (χ0) is 15.1. The van der Waals surface area contributed by atoms with E-state index >= 15 is 0 Å². The van der Waals surface area contributed by atoms with Gasteiger partial charge < -0.3 is 9.64 Å². The Bertz CT molecular complexity index is 495. The number of carbonyl (C=O) groups excluding carboxylic acids is 1. The average Bonchev–Trinajstić information content (AvgIpc) is 2.79. The Morgan fingerprint density at radius 2 is 2.05 bits per heavy atom. The summed E-state index contributed by atoms with van der Waals surface area (Å²) in [5.74, 6) is 2.74. The van der Waals surface area contributed by atoms with Gasteiger partial charge in [-0.05, 0) is 18.9 Å². The van der Waals surface area contributed by atoms with Crippen molar-refractivity contribution >= 4 is 6.09 Å². The maximum Gasteiger partial charge on any atom is 0.410 e. The predicted molar refractivity (Wildman–Crippen MR) is 82.7 cm³/mol. The van der Waals surface area contributed by atoms with Gasteiger partial charge in [-0.15, -0.1) is 6.42 Å². The molecule has 0 aliphatic carbocycles. The van der Waals surface area contributed by atoms with E-state index in [9.17, 15) is 4.79 Å². The van der Waals surface area contributed by atoms with Crippen LogP contribution in [0.2, 0.25) is 0 Å². The third kappa shape index (κ3) is 4.51. The molecular formula is C17H22N2O2. The van der Waals surface area contributed by atoms with Crippen molar-refractivity contribution in [2.24, 2.45) is 0 Å². The molecule has 1 atom stereocenters. The largest absolute Gasteiger partial charge is 0.445 e. The smallest absolute Gasteiger partial charge is 0.410 e. The van der Waals surface area contributed by atoms with Crippen molar-refractivity contribution < 1.29 is 9.53 Å². The van der Waals surface area contributed by atoms with E-state index in [4.69, 9.17) is 11.2 Å². The zero-order valence-corrected chi connectivity index (χ0v) is 12.5. The van der Waals surface area contributed by atoms with E-state index in [0.717, 1.165) is 31.6 Å². The van der Waals surface area contributed by atoms with Gasteiger partial charge in [0.15, 0.2) is 0 Å². The number of hydrogen-bond donors (Lipinski definition) is 0. The number of carbonyl (C=O) groups is 1. The second kappa shape index (κ2) is 7.70. The Kier molecular flexibility index (Phi) is 5.65. The van der Waals surface area contributed by atoms with Crippen LogP contribution in [-0.4, -0.2) is 48.1 Å². The third-order valence-corrected chi connectivity index (χ3v) is 3.78. The lowest BCUT2D eigenvalue weighted by atomic mass is 10.2. The fourth-order valence-corrected chi connectivity index (χ4v) is 2.42. The molecular weight excluding hydrogens is 264 g/mol. The van der Waals surface area contributed by atoms with Crippen molar-refractivity contribution in [3.8, 4) is 12.3 Å². The van der Waals surface area contributed by atoms with Crippen LogP contribution < -0.4 is 0 Å². The molecule has 1 heterocycles. The fraction of sp³-hybridized carbons (Fsp3) is 0.471. The van der Waals surface area contributed by atoms with Crippen LogP contribution in [0.4, 0.5) is 4.79 Å². The molecule has 112 valence electrons. The van der Waals surface area contributed by atoms with Gasteiger partial charge >= 0.3 is 6.09 Å². The molecule has 4 heteroatoms. The van der Waals surface area contributed by atoms with E-state index in [1.165, 1.54) is 0 Å². The minimum absolute atomic E-state index is 0.116. The lowest BCUT2D eigenvalue weighted by Crippen LogP contribution is -2.38. The average molecular weight is 286 g/mol. The second-order valence-corrected chi connectivity index (χ2v) is 5.26. The van der Waals surface area contributed by atoms with Crippen molar-refractivity contribution in [2.45, 2.75) is 26.0 Å². The lowest BCUT2D eigenvalue weighted by Gasteiger charge is -2.24. The van der Waals surface area contributed by atoms with Gasteiger partial charge in [0.1, 0.15) is 6.61 Å². The molecule has 1 aliphatic heterocycles. The molecule has 1 aromatic carbocycles. The van der Waals surface area contributed by atoms with Crippen LogP contribution in [0.1, 0.15) is 18.9 Å². The van der Waals surface area contributed by atoms with Gasteiger partial charge in [-0.1, -0.05) is 36.3 Å². The van der Waals surface area contributed by atoms with Gasteiger partial charge in [-0.25, -0.2) is 4.79 Å². The van der Waals surface area contributed by atoms with Crippen LogP contribution in [0.5, 0.6) is 0 Å². The summed E-state index contributed by atoms with van der Waals surface area (Å²) in [6, 6.07) is 9.84. The minimum Gasteiger partial charge on any atom is -0.445 e. The monoisotopic (exact) mass is 286 g/mol. The fourth-order valence-electron chi connectivity index (χ4n) is 2.42. The second-order valence-electron chi connectivity index (χ2n) is 5.26. The van der Waals surface area contributed by atoms with Crippen molar-refractivity contribution in [3.63, 3.8) is 0 Å².